The van der Waals surface area contributed by atoms with Gasteiger partial charge in [0.05, 0.1) is 0 Å². The molecule has 120 valence electrons. The minimum absolute atomic E-state index is 0.621. The van der Waals surface area contributed by atoms with Gasteiger partial charge in [0.1, 0.15) is 5.82 Å². The van der Waals surface area contributed by atoms with Crippen LogP contribution in [-0.4, -0.2) is 4.98 Å². The molecule has 0 bridgehead atoms. The maximum atomic E-state index is 6.16. The van der Waals surface area contributed by atoms with Crippen LogP contribution in [0.1, 0.15) is 18.4 Å². The summed E-state index contributed by atoms with van der Waals surface area (Å²) in [5.74, 6) is 1.49. The van der Waals surface area contributed by atoms with Crippen LogP contribution in [0.25, 0.3) is 21.9 Å². The third-order valence-corrected chi connectivity index (χ3v) is 4.83. The van der Waals surface area contributed by atoms with Gasteiger partial charge >= 0.3 is 0 Å². The highest BCUT2D eigenvalue weighted by Gasteiger charge is 2.24. The highest BCUT2D eigenvalue weighted by atomic mass is 35.5. The Labute approximate surface area is 147 Å². The van der Waals surface area contributed by atoms with Crippen molar-refractivity contribution in [1.29, 1.82) is 0 Å². The number of fused-ring (bicyclic) bond motifs is 1. The summed E-state index contributed by atoms with van der Waals surface area (Å²) < 4.78 is 0. The Kier molecular flexibility index (Phi) is 3.78. The molecule has 1 fully saturated rings. The number of hydrogen-bond acceptors (Lipinski definition) is 2. The number of aryl methyl sites for hydroxylation is 1. The molecule has 0 amide bonds. The van der Waals surface area contributed by atoms with Crippen LogP contribution in [0, 0.1) is 12.8 Å². The van der Waals surface area contributed by atoms with Crippen molar-refractivity contribution in [2.45, 2.75) is 19.8 Å². The third-order valence-electron chi connectivity index (χ3n) is 4.59. The summed E-state index contributed by atoms with van der Waals surface area (Å²) in [6.07, 6.45) is 4.39. The van der Waals surface area contributed by atoms with Crippen LogP contribution in [0.15, 0.2) is 60.9 Å². The Bertz CT molecular complexity index is 942. The topological polar surface area (TPSA) is 24.9 Å². The zero-order valence-electron chi connectivity index (χ0n) is 13.6. The Morgan fingerprint density at radius 3 is 2.75 bits per heavy atom. The first kappa shape index (κ1) is 15.2. The third kappa shape index (κ3) is 3.02. The van der Waals surface area contributed by atoms with E-state index in [9.17, 15) is 0 Å². The van der Waals surface area contributed by atoms with E-state index in [1.54, 1.807) is 0 Å². The van der Waals surface area contributed by atoms with E-state index >= 15 is 0 Å². The molecule has 3 heteroatoms. The summed E-state index contributed by atoms with van der Waals surface area (Å²) >= 11 is 6.16. The fourth-order valence-electron chi connectivity index (χ4n) is 2.98. The molecular weight excluding hydrogens is 316 g/mol. The van der Waals surface area contributed by atoms with Crippen LogP contribution >= 0.6 is 11.6 Å². The minimum Gasteiger partial charge on any atom is -0.344 e. The van der Waals surface area contributed by atoms with Crippen LogP contribution in [-0.2, 0) is 0 Å². The number of hydrogen-bond donors (Lipinski definition) is 1. The molecule has 0 unspecified atom stereocenters. The smallest absolute Gasteiger partial charge is 0.130 e. The lowest BCUT2D eigenvalue weighted by Crippen LogP contribution is -2.01. The van der Waals surface area contributed by atoms with Crippen LogP contribution in [0.3, 0.4) is 0 Å². The molecule has 1 N–H and O–H groups in total. The molecule has 1 aromatic heterocycles. The van der Waals surface area contributed by atoms with Crippen molar-refractivity contribution in [3.05, 3.63) is 71.5 Å². The number of aromatic nitrogens is 1. The van der Waals surface area contributed by atoms with E-state index in [2.05, 4.69) is 54.1 Å². The Balaban J connectivity index is 1.68. The molecule has 1 aliphatic carbocycles. The van der Waals surface area contributed by atoms with Gasteiger partial charge in [-0.1, -0.05) is 36.4 Å². The average molecular weight is 335 g/mol. The van der Waals surface area contributed by atoms with E-state index < -0.39 is 0 Å². The van der Waals surface area contributed by atoms with E-state index in [1.165, 1.54) is 23.8 Å². The second-order valence-corrected chi connectivity index (χ2v) is 6.95. The molecule has 1 heterocycles. The molecule has 0 radical (unpaired) electrons. The Morgan fingerprint density at radius 2 is 1.96 bits per heavy atom. The van der Waals surface area contributed by atoms with Gasteiger partial charge in [0.15, 0.2) is 0 Å². The van der Waals surface area contributed by atoms with E-state index in [-0.39, 0.29) is 0 Å². The van der Waals surface area contributed by atoms with Crippen molar-refractivity contribution in [2.24, 2.45) is 5.92 Å². The molecule has 1 saturated carbocycles. The van der Waals surface area contributed by atoms with Crippen molar-refractivity contribution in [3.63, 3.8) is 0 Å². The lowest BCUT2D eigenvalue weighted by atomic mass is 9.98. The second-order valence-electron chi connectivity index (χ2n) is 6.52. The Morgan fingerprint density at radius 1 is 1.12 bits per heavy atom. The van der Waals surface area contributed by atoms with Gasteiger partial charge in [-0.3, -0.25) is 0 Å². The van der Waals surface area contributed by atoms with Gasteiger partial charge < -0.3 is 5.32 Å². The fourth-order valence-corrected chi connectivity index (χ4v) is 3.15. The summed E-state index contributed by atoms with van der Waals surface area (Å²) in [4.78, 5) is 4.53. The number of anilines is 1. The van der Waals surface area contributed by atoms with Crippen molar-refractivity contribution in [2.75, 3.05) is 5.32 Å². The highest BCUT2D eigenvalue weighted by molar-refractivity contribution is 6.30. The molecule has 0 spiro atoms. The highest BCUT2D eigenvalue weighted by Crippen LogP contribution is 2.36. The van der Waals surface area contributed by atoms with Crippen molar-refractivity contribution in [1.82, 2.24) is 4.98 Å². The number of allylic oxidation sites excluding steroid dienone is 1. The number of nitrogens with one attached hydrogen (secondary N) is 1. The molecule has 4 rings (SSSR count). The molecule has 0 saturated heterocycles. The molecule has 2 nitrogen and oxygen atoms in total. The first-order valence-electron chi connectivity index (χ1n) is 8.22. The molecule has 3 aromatic rings. The van der Waals surface area contributed by atoms with Crippen molar-refractivity contribution in [3.8, 4) is 11.1 Å². The summed E-state index contributed by atoms with van der Waals surface area (Å²) in [6.45, 7) is 6.20. The maximum Gasteiger partial charge on any atom is 0.130 e. The monoisotopic (exact) mass is 334 g/mol. The molecule has 24 heavy (non-hydrogen) atoms. The molecule has 1 aliphatic rings. The average Bonchev–Trinajstić information content (AvgIpc) is 3.42. The van der Waals surface area contributed by atoms with Gasteiger partial charge in [0.2, 0.25) is 0 Å². The molecule has 0 atom stereocenters. The minimum atomic E-state index is 0.621. The van der Waals surface area contributed by atoms with Crippen molar-refractivity contribution < 1.29 is 0 Å². The first-order chi connectivity index (χ1) is 11.6. The van der Waals surface area contributed by atoms with E-state index in [0.717, 1.165) is 33.1 Å². The van der Waals surface area contributed by atoms with Gasteiger partial charge in [-0.25, -0.2) is 4.98 Å². The van der Waals surface area contributed by atoms with Crippen LogP contribution in [0.4, 0.5) is 5.82 Å². The van der Waals surface area contributed by atoms with E-state index in [0.29, 0.717) is 5.92 Å². The normalized spacial score (nSPS) is 13.9. The van der Waals surface area contributed by atoms with Crippen LogP contribution in [0.5, 0.6) is 0 Å². The summed E-state index contributed by atoms with van der Waals surface area (Å²) in [5.41, 5.74) is 4.61. The number of nitrogens with zero attached hydrogens (tertiary/aromatic N) is 1. The predicted octanol–water partition coefficient (Wildman–Crippen LogP) is 6.20. The van der Waals surface area contributed by atoms with E-state index in [1.807, 2.05) is 18.3 Å². The zero-order chi connectivity index (χ0) is 16.7. The number of pyridine rings is 1. The standard InChI is InChI=1S/C21H19ClN2/c1-13-3-8-19(22)11-20(13)17-7-6-16-10-21(23-12-18(16)9-17)24-14(2)15-4-5-15/h3,6-12,15H,2,4-5H2,1H3,(H,23,24). The summed E-state index contributed by atoms with van der Waals surface area (Å²) in [5, 5.41) is 6.38. The number of benzene rings is 2. The predicted molar refractivity (Wildman–Crippen MR) is 102 cm³/mol. The van der Waals surface area contributed by atoms with Gasteiger partial charge in [0, 0.05) is 22.3 Å². The largest absolute Gasteiger partial charge is 0.344 e. The molecule has 0 aliphatic heterocycles. The fraction of sp³-hybridized carbons (Fsp3) is 0.190. The van der Waals surface area contributed by atoms with Gasteiger partial charge in [-0.2, -0.15) is 0 Å². The van der Waals surface area contributed by atoms with Crippen LogP contribution in [0.2, 0.25) is 5.02 Å². The lowest BCUT2D eigenvalue weighted by molar-refractivity contribution is 1.01. The quantitative estimate of drug-likeness (QED) is 0.614. The van der Waals surface area contributed by atoms with Gasteiger partial charge in [0.25, 0.3) is 0 Å². The number of halogens is 1. The molecular formula is C21H19ClN2. The van der Waals surface area contributed by atoms with Crippen molar-refractivity contribution >= 4 is 28.2 Å². The summed E-state index contributed by atoms with van der Waals surface area (Å²) in [7, 11) is 0. The maximum absolute atomic E-state index is 6.16. The summed E-state index contributed by atoms with van der Waals surface area (Å²) in [6, 6.07) is 14.5. The van der Waals surface area contributed by atoms with Gasteiger partial charge in [-0.15, -0.1) is 0 Å². The van der Waals surface area contributed by atoms with E-state index in [4.69, 9.17) is 11.6 Å². The van der Waals surface area contributed by atoms with Crippen LogP contribution < -0.4 is 5.32 Å². The Hall–Kier alpha value is -2.32. The lowest BCUT2D eigenvalue weighted by Gasteiger charge is -2.10. The second kappa shape index (κ2) is 5.95. The first-order valence-corrected chi connectivity index (χ1v) is 8.60. The molecule has 2 aromatic carbocycles. The zero-order valence-corrected chi connectivity index (χ0v) is 14.4. The number of rotatable bonds is 4. The SMILES string of the molecule is C=C(Nc1cc2ccc(-c3cc(Cl)ccc3C)cc2cn1)C1CC1. The van der Waals surface area contributed by atoms with Gasteiger partial charge in [-0.05, 0) is 72.0 Å².